The minimum atomic E-state index is -0.630. The Hall–Kier alpha value is -2.81. The summed E-state index contributed by atoms with van der Waals surface area (Å²) in [5, 5.41) is 18.0. The highest BCUT2D eigenvalue weighted by Crippen LogP contribution is 2.27. The third-order valence-corrected chi connectivity index (χ3v) is 5.34. The van der Waals surface area contributed by atoms with Crippen molar-refractivity contribution in [2.45, 2.75) is 45.2 Å². The standard InChI is InChI=1S/C20H26N4O5/c1-2-28-10-7-14-11-21-24-18(14)23(12-13-5-8-29-9-6-13)19(26)16(20(24)27)17(25)22-15-3-4-15/h7,10-11,13,15,26H,2-6,8-9,12H2,1H3,(H,22,25). The van der Waals surface area contributed by atoms with Crippen LogP contribution in [0, 0.1) is 5.92 Å². The molecule has 29 heavy (non-hydrogen) atoms. The highest BCUT2D eigenvalue weighted by Gasteiger charge is 2.30. The fourth-order valence-electron chi connectivity index (χ4n) is 3.59. The number of carbonyl (C=O) groups excluding carboxylic acids is 1. The molecule has 2 aliphatic rings. The van der Waals surface area contributed by atoms with Gasteiger partial charge in [-0.3, -0.25) is 14.2 Å². The zero-order valence-electron chi connectivity index (χ0n) is 16.5. The molecule has 1 saturated heterocycles. The molecule has 156 valence electrons. The second-order valence-electron chi connectivity index (χ2n) is 7.51. The van der Waals surface area contributed by atoms with Gasteiger partial charge in [0.1, 0.15) is 5.65 Å². The lowest BCUT2D eigenvalue weighted by molar-refractivity contribution is 0.0607. The van der Waals surface area contributed by atoms with Crippen LogP contribution in [0.4, 0.5) is 0 Å². The summed E-state index contributed by atoms with van der Waals surface area (Å²) < 4.78 is 13.5. The number of aromatic hydroxyl groups is 1. The molecule has 0 unspecified atom stereocenters. The third kappa shape index (κ3) is 4.00. The van der Waals surface area contributed by atoms with Crippen LogP contribution in [0.1, 0.15) is 48.5 Å². The van der Waals surface area contributed by atoms with Crippen LogP contribution in [-0.2, 0) is 16.0 Å². The predicted octanol–water partition coefficient (Wildman–Crippen LogP) is 1.53. The van der Waals surface area contributed by atoms with Gasteiger partial charge in [-0.2, -0.15) is 9.61 Å². The summed E-state index contributed by atoms with van der Waals surface area (Å²) in [6, 6.07) is 0.0725. The second kappa shape index (κ2) is 8.28. The van der Waals surface area contributed by atoms with Crippen LogP contribution < -0.4 is 10.9 Å². The molecule has 1 aliphatic carbocycles. The number of amides is 1. The highest BCUT2D eigenvalue weighted by molar-refractivity contribution is 5.96. The van der Waals surface area contributed by atoms with Crippen molar-refractivity contribution in [1.82, 2.24) is 19.5 Å². The number of nitrogens with zero attached hydrogens (tertiary/aromatic N) is 3. The average molecular weight is 402 g/mol. The Labute approximate surface area is 167 Å². The first-order chi connectivity index (χ1) is 14.1. The first-order valence-electron chi connectivity index (χ1n) is 10.1. The number of ether oxygens (including phenoxy) is 2. The molecule has 1 aliphatic heterocycles. The lowest BCUT2D eigenvalue weighted by atomic mass is 10.00. The van der Waals surface area contributed by atoms with E-state index in [0.29, 0.717) is 37.6 Å². The number of rotatable bonds is 7. The van der Waals surface area contributed by atoms with Gasteiger partial charge < -0.3 is 19.9 Å². The second-order valence-corrected chi connectivity index (χ2v) is 7.51. The van der Waals surface area contributed by atoms with E-state index >= 15 is 0 Å². The molecule has 2 aromatic rings. The van der Waals surface area contributed by atoms with E-state index < -0.39 is 11.5 Å². The maximum absolute atomic E-state index is 13.0. The molecule has 1 amide bonds. The van der Waals surface area contributed by atoms with Crippen LogP contribution in [0.25, 0.3) is 11.7 Å². The molecule has 2 aromatic heterocycles. The van der Waals surface area contributed by atoms with Crippen LogP contribution in [0.5, 0.6) is 5.88 Å². The lowest BCUT2D eigenvalue weighted by Crippen LogP contribution is -2.35. The molecule has 2 N–H and O–H groups in total. The minimum Gasteiger partial charge on any atom is -0.501 e. The van der Waals surface area contributed by atoms with E-state index in [1.165, 1.54) is 17.0 Å². The SMILES string of the molecule is CCOC=Cc1cnn2c(=O)c(C(=O)NC3CC3)c(O)n(CC3CCOCC3)c12. The van der Waals surface area contributed by atoms with Crippen molar-refractivity contribution in [3.63, 3.8) is 0 Å². The van der Waals surface area contributed by atoms with Crippen LogP contribution in [-0.4, -0.2) is 51.1 Å². The Morgan fingerprint density at radius 1 is 1.38 bits per heavy atom. The summed E-state index contributed by atoms with van der Waals surface area (Å²) in [6.07, 6.45) is 8.24. The molecule has 1 saturated carbocycles. The van der Waals surface area contributed by atoms with Crippen LogP contribution >= 0.6 is 0 Å². The molecular weight excluding hydrogens is 376 g/mol. The maximum atomic E-state index is 13.0. The van der Waals surface area contributed by atoms with Gasteiger partial charge >= 0.3 is 0 Å². The van der Waals surface area contributed by atoms with Gasteiger partial charge in [-0.05, 0) is 44.6 Å². The van der Waals surface area contributed by atoms with Gasteiger partial charge in [0.05, 0.1) is 19.1 Å². The monoisotopic (exact) mass is 402 g/mol. The number of aromatic nitrogens is 3. The topological polar surface area (TPSA) is 107 Å². The van der Waals surface area contributed by atoms with Gasteiger partial charge in [0.15, 0.2) is 5.56 Å². The molecule has 9 heteroatoms. The van der Waals surface area contributed by atoms with E-state index in [1.54, 1.807) is 10.6 Å². The number of carbonyl (C=O) groups is 1. The van der Waals surface area contributed by atoms with Crippen molar-refractivity contribution >= 4 is 17.6 Å². The summed E-state index contributed by atoms with van der Waals surface area (Å²) in [6.45, 7) is 4.17. The largest absolute Gasteiger partial charge is 0.501 e. The van der Waals surface area contributed by atoms with E-state index in [0.717, 1.165) is 25.7 Å². The Kier molecular flexibility index (Phi) is 5.57. The smallest absolute Gasteiger partial charge is 0.291 e. The molecule has 4 rings (SSSR count). The van der Waals surface area contributed by atoms with Crippen LogP contribution in [0.2, 0.25) is 0 Å². The van der Waals surface area contributed by atoms with Gasteiger partial charge in [0.2, 0.25) is 5.88 Å². The normalized spacial score (nSPS) is 17.8. The Bertz CT molecular complexity index is 983. The Balaban J connectivity index is 1.82. The average Bonchev–Trinajstić information content (AvgIpc) is 3.43. The summed E-state index contributed by atoms with van der Waals surface area (Å²) in [5.74, 6) is -0.614. The third-order valence-electron chi connectivity index (χ3n) is 5.34. The van der Waals surface area contributed by atoms with Crippen molar-refractivity contribution in [1.29, 1.82) is 0 Å². The van der Waals surface area contributed by atoms with Crippen molar-refractivity contribution in [3.05, 3.63) is 33.9 Å². The van der Waals surface area contributed by atoms with Crippen molar-refractivity contribution in [2.24, 2.45) is 5.92 Å². The van der Waals surface area contributed by atoms with E-state index in [4.69, 9.17) is 9.47 Å². The van der Waals surface area contributed by atoms with E-state index in [-0.39, 0.29) is 23.4 Å². The minimum absolute atomic E-state index is 0.0725. The number of fused-ring (bicyclic) bond motifs is 1. The molecule has 9 nitrogen and oxygen atoms in total. The Morgan fingerprint density at radius 3 is 2.83 bits per heavy atom. The highest BCUT2D eigenvalue weighted by atomic mass is 16.5. The van der Waals surface area contributed by atoms with Gasteiger partial charge in [0, 0.05) is 31.4 Å². The molecule has 0 atom stereocenters. The summed E-state index contributed by atoms with van der Waals surface area (Å²) in [7, 11) is 0. The quantitative estimate of drug-likeness (QED) is 0.680. The van der Waals surface area contributed by atoms with Crippen molar-refractivity contribution in [3.8, 4) is 5.88 Å². The number of nitrogens with one attached hydrogen (secondary N) is 1. The molecule has 0 bridgehead atoms. The summed E-state index contributed by atoms with van der Waals surface area (Å²) >= 11 is 0. The number of hydrogen-bond donors (Lipinski definition) is 2. The van der Waals surface area contributed by atoms with Gasteiger partial charge in [-0.25, -0.2) is 0 Å². The molecule has 0 spiro atoms. The molecular formula is C20H26N4O5. The first-order valence-corrected chi connectivity index (χ1v) is 10.1. The van der Waals surface area contributed by atoms with E-state index in [1.807, 2.05) is 6.92 Å². The fourth-order valence-corrected chi connectivity index (χ4v) is 3.59. The zero-order chi connectivity index (χ0) is 20.4. The van der Waals surface area contributed by atoms with Gasteiger partial charge in [0.25, 0.3) is 11.5 Å². The first kappa shape index (κ1) is 19.5. The summed E-state index contributed by atoms with van der Waals surface area (Å²) in [4.78, 5) is 25.6. The van der Waals surface area contributed by atoms with E-state index in [9.17, 15) is 14.7 Å². The molecule has 0 aromatic carbocycles. The zero-order valence-corrected chi connectivity index (χ0v) is 16.5. The Morgan fingerprint density at radius 2 is 2.14 bits per heavy atom. The number of hydrogen-bond acceptors (Lipinski definition) is 6. The summed E-state index contributed by atoms with van der Waals surface area (Å²) in [5.41, 5.74) is 0.180. The lowest BCUT2D eigenvalue weighted by Gasteiger charge is -2.24. The van der Waals surface area contributed by atoms with E-state index in [2.05, 4.69) is 10.4 Å². The van der Waals surface area contributed by atoms with Crippen molar-refractivity contribution in [2.75, 3.05) is 19.8 Å². The van der Waals surface area contributed by atoms with Gasteiger partial charge in [-0.1, -0.05) is 0 Å². The fraction of sp³-hybridized carbons (Fsp3) is 0.550. The van der Waals surface area contributed by atoms with Gasteiger partial charge in [-0.15, -0.1) is 0 Å². The predicted molar refractivity (Wildman–Crippen MR) is 106 cm³/mol. The maximum Gasteiger partial charge on any atom is 0.291 e. The van der Waals surface area contributed by atoms with Crippen molar-refractivity contribution < 1.29 is 19.4 Å². The molecule has 0 radical (unpaired) electrons. The molecule has 2 fully saturated rings. The van der Waals surface area contributed by atoms with Crippen LogP contribution in [0.15, 0.2) is 17.3 Å². The van der Waals surface area contributed by atoms with Crippen LogP contribution in [0.3, 0.4) is 0 Å². The molecule has 3 heterocycles.